The molecule has 120 valence electrons. The summed E-state index contributed by atoms with van der Waals surface area (Å²) in [5, 5.41) is 0. The zero-order valence-electron chi connectivity index (χ0n) is 13.4. The van der Waals surface area contributed by atoms with Crippen molar-refractivity contribution in [2.45, 2.75) is 64.5 Å². The van der Waals surface area contributed by atoms with Gasteiger partial charge < -0.3 is 14.4 Å². The van der Waals surface area contributed by atoms with Gasteiger partial charge in [-0.05, 0) is 33.6 Å². The number of ketones is 1. The molecule has 1 amide bonds. The highest BCUT2D eigenvalue weighted by Crippen LogP contribution is 2.28. The first-order valence-electron chi connectivity index (χ1n) is 7.97. The van der Waals surface area contributed by atoms with Gasteiger partial charge >= 0.3 is 6.09 Å². The van der Waals surface area contributed by atoms with Crippen LogP contribution in [-0.2, 0) is 14.3 Å². The SMILES string of the molecule is CC(C)(C)OC(=O)N1CCOCC1CC(=O)C1CCCC1. The van der Waals surface area contributed by atoms with Crippen molar-refractivity contribution >= 4 is 11.9 Å². The molecule has 0 aromatic heterocycles. The van der Waals surface area contributed by atoms with E-state index in [4.69, 9.17) is 9.47 Å². The molecule has 2 fully saturated rings. The Morgan fingerprint density at radius 2 is 1.90 bits per heavy atom. The molecule has 0 aromatic carbocycles. The lowest BCUT2D eigenvalue weighted by Crippen LogP contribution is -2.51. The third-order valence-corrected chi connectivity index (χ3v) is 4.10. The molecular weight excluding hydrogens is 270 g/mol. The highest BCUT2D eigenvalue weighted by Gasteiger charge is 2.34. The van der Waals surface area contributed by atoms with Gasteiger partial charge in [0.15, 0.2) is 0 Å². The zero-order chi connectivity index (χ0) is 15.5. The Morgan fingerprint density at radius 3 is 2.52 bits per heavy atom. The van der Waals surface area contributed by atoms with E-state index in [1.54, 1.807) is 4.90 Å². The van der Waals surface area contributed by atoms with Gasteiger partial charge in [0.25, 0.3) is 0 Å². The summed E-state index contributed by atoms with van der Waals surface area (Å²) in [6.45, 7) is 6.99. The van der Waals surface area contributed by atoms with Crippen molar-refractivity contribution < 1.29 is 19.1 Å². The predicted molar refractivity (Wildman–Crippen MR) is 79.1 cm³/mol. The third-order valence-electron chi connectivity index (χ3n) is 4.10. The Morgan fingerprint density at radius 1 is 1.24 bits per heavy atom. The number of morpholine rings is 1. The van der Waals surface area contributed by atoms with E-state index in [0.29, 0.717) is 26.2 Å². The van der Waals surface area contributed by atoms with E-state index in [2.05, 4.69) is 0 Å². The summed E-state index contributed by atoms with van der Waals surface area (Å²) in [6.07, 6.45) is 4.34. The molecule has 0 N–H and O–H groups in total. The van der Waals surface area contributed by atoms with E-state index < -0.39 is 5.60 Å². The number of Topliss-reactive ketones (excluding diaryl/α,β-unsaturated/α-hetero) is 1. The van der Waals surface area contributed by atoms with Gasteiger partial charge in [-0.2, -0.15) is 0 Å². The molecule has 1 aliphatic carbocycles. The van der Waals surface area contributed by atoms with E-state index in [-0.39, 0.29) is 23.8 Å². The largest absolute Gasteiger partial charge is 0.444 e. The summed E-state index contributed by atoms with van der Waals surface area (Å²) in [6, 6.07) is -0.179. The second-order valence-corrected chi connectivity index (χ2v) is 7.05. The summed E-state index contributed by atoms with van der Waals surface area (Å²) in [4.78, 5) is 26.3. The number of carbonyl (C=O) groups is 2. The van der Waals surface area contributed by atoms with Crippen LogP contribution >= 0.6 is 0 Å². The molecular formula is C16H27NO4. The van der Waals surface area contributed by atoms with Crippen LogP contribution in [0.3, 0.4) is 0 Å². The van der Waals surface area contributed by atoms with Gasteiger partial charge in [-0.3, -0.25) is 4.79 Å². The molecule has 1 aliphatic heterocycles. The van der Waals surface area contributed by atoms with Crippen LogP contribution in [0.15, 0.2) is 0 Å². The minimum absolute atomic E-state index is 0.179. The first-order chi connectivity index (χ1) is 9.87. The van der Waals surface area contributed by atoms with Gasteiger partial charge in [0.05, 0.1) is 19.3 Å². The second-order valence-electron chi connectivity index (χ2n) is 7.05. The number of amides is 1. The molecule has 2 rings (SSSR count). The molecule has 0 radical (unpaired) electrons. The summed E-state index contributed by atoms with van der Waals surface area (Å²) < 4.78 is 10.9. The van der Waals surface area contributed by atoms with Gasteiger partial charge in [0.1, 0.15) is 11.4 Å². The fourth-order valence-electron chi connectivity index (χ4n) is 3.03. The molecule has 0 spiro atoms. The zero-order valence-corrected chi connectivity index (χ0v) is 13.4. The lowest BCUT2D eigenvalue weighted by Gasteiger charge is -2.36. The molecule has 1 unspecified atom stereocenters. The highest BCUT2D eigenvalue weighted by atomic mass is 16.6. The van der Waals surface area contributed by atoms with Crippen LogP contribution in [-0.4, -0.2) is 48.2 Å². The first kappa shape index (κ1) is 16.3. The molecule has 0 aromatic rings. The minimum atomic E-state index is -0.518. The van der Waals surface area contributed by atoms with Crippen LogP contribution < -0.4 is 0 Å². The van der Waals surface area contributed by atoms with Crippen molar-refractivity contribution in [2.75, 3.05) is 19.8 Å². The molecule has 1 saturated heterocycles. The molecule has 1 atom stereocenters. The Bertz CT molecular complexity index is 382. The Hall–Kier alpha value is -1.10. The fourth-order valence-corrected chi connectivity index (χ4v) is 3.03. The topological polar surface area (TPSA) is 55.8 Å². The van der Waals surface area contributed by atoms with Crippen molar-refractivity contribution in [1.82, 2.24) is 4.90 Å². The normalized spacial score (nSPS) is 24.1. The number of ether oxygens (including phenoxy) is 2. The van der Waals surface area contributed by atoms with E-state index in [0.717, 1.165) is 25.7 Å². The highest BCUT2D eigenvalue weighted by molar-refractivity contribution is 5.82. The van der Waals surface area contributed by atoms with Gasteiger partial charge in [-0.1, -0.05) is 12.8 Å². The van der Waals surface area contributed by atoms with Crippen molar-refractivity contribution in [1.29, 1.82) is 0 Å². The monoisotopic (exact) mass is 297 g/mol. The van der Waals surface area contributed by atoms with E-state index in [9.17, 15) is 9.59 Å². The number of rotatable bonds is 3. The van der Waals surface area contributed by atoms with Crippen molar-refractivity contribution in [3.63, 3.8) is 0 Å². The minimum Gasteiger partial charge on any atom is -0.444 e. The standard InChI is InChI=1S/C16H27NO4/c1-16(2,3)21-15(19)17-8-9-20-11-13(17)10-14(18)12-6-4-5-7-12/h12-13H,4-11H2,1-3H3. The summed E-state index contributed by atoms with van der Waals surface area (Å²) >= 11 is 0. The third kappa shape index (κ3) is 4.70. The van der Waals surface area contributed by atoms with Crippen molar-refractivity contribution in [3.8, 4) is 0 Å². The van der Waals surface area contributed by atoms with Gasteiger partial charge in [-0.25, -0.2) is 4.79 Å². The van der Waals surface area contributed by atoms with Crippen molar-refractivity contribution in [3.05, 3.63) is 0 Å². The summed E-state index contributed by atoms with van der Waals surface area (Å²) in [5.41, 5.74) is -0.518. The van der Waals surface area contributed by atoms with Crippen LogP contribution in [0, 0.1) is 5.92 Å². The van der Waals surface area contributed by atoms with Gasteiger partial charge in [0, 0.05) is 18.9 Å². The van der Waals surface area contributed by atoms with Crippen LogP contribution in [0.5, 0.6) is 0 Å². The molecule has 5 heteroatoms. The molecule has 2 aliphatic rings. The van der Waals surface area contributed by atoms with Crippen LogP contribution in [0.25, 0.3) is 0 Å². The van der Waals surface area contributed by atoms with Crippen LogP contribution in [0.2, 0.25) is 0 Å². The molecule has 21 heavy (non-hydrogen) atoms. The molecule has 1 heterocycles. The Kier molecular flexibility index (Phi) is 5.25. The summed E-state index contributed by atoms with van der Waals surface area (Å²) in [7, 11) is 0. The maximum absolute atomic E-state index is 12.3. The second kappa shape index (κ2) is 6.77. The smallest absolute Gasteiger partial charge is 0.410 e. The van der Waals surface area contributed by atoms with Crippen molar-refractivity contribution in [2.24, 2.45) is 5.92 Å². The number of nitrogens with zero attached hydrogens (tertiary/aromatic N) is 1. The van der Waals surface area contributed by atoms with Gasteiger partial charge in [-0.15, -0.1) is 0 Å². The number of hydrogen-bond acceptors (Lipinski definition) is 4. The predicted octanol–water partition coefficient (Wildman–Crippen LogP) is 2.77. The molecule has 0 bridgehead atoms. The average molecular weight is 297 g/mol. The maximum Gasteiger partial charge on any atom is 0.410 e. The lowest BCUT2D eigenvalue weighted by atomic mass is 9.96. The van der Waals surface area contributed by atoms with E-state index >= 15 is 0 Å². The summed E-state index contributed by atoms with van der Waals surface area (Å²) in [5.74, 6) is 0.462. The fraction of sp³-hybridized carbons (Fsp3) is 0.875. The average Bonchev–Trinajstić information content (AvgIpc) is 2.91. The first-order valence-corrected chi connectivity index (χ1v) is 7.97. The van der Waals surface area contributed by atoms with E-state index in [1.807, 2.05) is 20.8 Å². The maximum atomic E-state index is 12.3. The van der Waals surface area contributed by atoms with E-state index in [1.165, 1.54) is 0 Å². The van der Waals surface area contributed by atoms with Gasteiger partial charge in [0.2, 0.25) is 0 Å². The number of hydrogen-bond donors (Lipinski definition) is 0. The van der Waals surface area contributed by atoms with Crippen LogP contribution in [0.4, 0.5) is 4.79 Å². The quantitative estimate of drug-likeness (QED) is 0.804. The van der Waals surface area contributed by atoms with Crippen LogP contribution in [0.1, 0.15) is 52.9 Å². The lowest BCUT2D eigenvalue weighted by molar-refractivity contribution is -0.125. The molecule has 5 nitrogen and oxygen atoms in total. The molecule has 1 saturated carbocycles. The Balaban J connectivity index is 1.94. The Labute approximate surface area is 127 Å². The number of carbonyl (C=O) groups excluding carboxylic acids is 2.